The van der Waals surface area contributed by atoms with Gasteiger partial charge in [0, 0.05) is 5.56 Å². The molecule has 1 aromatic heterocycles. The van der Waals surface area contributed by atoms with Crippen molar-refractivity contribution in [3.05, 3.63) is 42.3 Å². The third kappa shape index (κ3) is 3.17. The molecule has 0 fully saturated rings. The molecule has 0 bridgehead atoms. The number of benzene rings is 1. The maximum atomic E-state index is 13.3. The van der Waals surface area contributed by atoms with Crippen LogP contribution in [0.3, 0.4) is 0 Å². The van der Waals surface area contributed by atoms with E-state index in [0.29, 0.717) is 0 Å². The SMILES string of the molecule is COc1ncc(F)cc1-c1ccccc1OC(F)(F)F. The average molecular weight is 287 g/mol. The Bertz CT molecular complexity index is 614. The number of ether oxygens (including phenoxy) is 2. The van der Waals surface area contributed by atoms with Crippen LogP contribution in [0.25, 0.3) is 11.1 Å². The molecule has 2 rings (SSSR count). The molecule has 0 aliphatic carbocycles. The van der Waals surface area contributed by atoms with Crippen molar-refractivity contribution in [2.45, 2.75) is 6.36 Å². The van der Waals surface area contributed by atoms with Gasteiger partial charge in [-0.25, -0.2) is 9.37 Å². The molecule has 106 valence electrons. The van der Waals surface area contributed by atoms with Gasteiger partial charge in [0.25, 0.3) is 0 Å². The molecule has 1 aromatic carbocycles. The molecule has 0 aliphatic rings. The number of nitrogens with zero attached hydrogens (tertiary/aromatic N) is 1. The van der Waals surface area contributed by atoms with Crippen LogP contribution in [0.1, 0.15) is 0 Å². The van der Waals surface area contributed by atoms with E-state index in [1.807, 2.05) is 0 Å². The summed E-state index contributed by atoms with van der Waals surface area (Å²) in [7, 11) is 1.29. The number of methoxy groups -OCH3 is 1. The van der Waals surface area contributed by atoms with Crippen LogP contribution < -0.4 is 9.47 Å². The van der Waals surface area contributed by atoms with Gasteiger partial charge in [-0.1, -0.05) is 18.2 Å². The second-order valence-electron chi connectivity index (χ2n) is 3.75. The standard InChI is InChI=1S/C13H9F4NO2/c1-19-12-10(6-8(14)7-18-12)9-4-2-3-5-11(9)20-13(15,16)17/h2-7H,1H3. The highest BCUT2D eigenvalue weighted by molar-refractivity contribution is 5.74. The molecule has 20 heavy (non-hydrogen) atoms. The Morgan fingerprint density at radius 3 is 2.45 bits per heavy atom. The van der Waals surface area contributed by atoms with Crippen molar-refractivity contribution in [1.82, 2.24) is 4.98 Å². The summed E-state index contributed by atoms with van der Waals surface area (Å²) in [6.45, 7) is 0. The highest BCUT2D eigenvalue weighted by Gasteiger charge is 2.32. The predicted molar refractivity (Wildman–Crippen MR) is 62.9 cm³/mol. The van der Waals surface area contributed by atoms with Crippen molar-refractivity contribution in [3.8, 4) is 22.8 Å². The van der Waals surface area contributed by atoms with Gasteiger partial charge >= 0.3 is 6.36 Å². The molecule has 0 unspecified atom stereocenters. The van der Waals surface area contributed by atoms with Crippen molar-refractivity contribution in [2.75, 3.05) is 7.11 Å². The lowest BCUT2D eigenvalue weighted by Crippen LogP contribution is -2.17. The molecule has 3 nitrogen and oxygen atoms in total. The van der Waals surface area contributed by atoms with Crippen LogP contribution >= 0.6 is 0 Å². The van der Waals surface area contributed by atoms with Crippen molar-refractivity contribution >= 4 is 0 Å². The second kappa shape index (κ2) is 5.36. The van der Waals surface area contributed by atoms with Crippen LogP contribution in [0.15, 0.2) is 36.5 Å². The van der Waals surface area contributed by atoms with Gasteiger partial charge in [0.05, 0.1) is 18.9 Å². The average Bonchev–Trinajstić information content (AvgIpc) is 2.37. The number of pyridine rings is 1. The molecule has 2 aromatic rings. The summed E-state index contributed by atoms with van der Waals surface area (Å²) in [5.74, 6) is -1.14. The monoisotopic (exact) mass is 287 g/mol. The summed E-state index contributed by atoms with van der Waals surface area (Å²) in [5.41, 5.74) is 0.112. The van der Waals surface area contributed by atoms with Crippen molar-refractivity contribution in [1.29, 1.82) is 0 Å². The van der Waals surface area contributed by atoms with Gasteiger partial charge in [0.1, 0.15) is 11.6 Å². The number of hydrogen-bond donors (Lipinski definition) is 0. The molecular weight excluding hydrogens is 278 g/mol. The van der Waals surface area contributed by atoms with E-state index in [-0.39, 0.29) is 17.0 Å². The molecule has 0 amide bonds. The van der Waals surface area contributed by atoms with E-state index in [0.717, 1.165) is 18.3 Å². The molecule has 0 radical (unpaired) electrons. The minimum atomic E-state index is -4.84. The van der Waals surface area contributed by atoms with Gasteiger partial charge < -0.3 is 9.47 Å². The zero-order valence-corrected chi connectivity index (χ0v) is 10.2. The highest BCUT2D eigenvalue weighted by atomic mass is 19.4. The second-order valence-corrected chi connectivity index (χ2v) is 3.75. The van der Waals surface area contributed by atoms with Gasteiger partial charge in [-0.3, -0.25) is 0 Å². The Morgan fingerprint density at radius 1 is 1.10 bits per heavy atom. The Labute approximate surface area is 111 Å². The summed E-state index contributed by atoms with van der Waals surface area (Å²) >= 11 is 0. The summed E-state index contributed by atoms with van der Waals surface area (Å²) in [6, 6.07) is 6.41. The predicted octanol–water partition coefficient (Wildman–Crippen LogP) is 3.79. The van der Waals surface area contributed by atoms with E-state index in [4.69, 9.17) is 4.74 Å². The molecule has 0 N–H and O–H groups in total. The lowest BCUT2D eigenvalue weighted by atomic mass is 10.1. The molecule has 7 heteroatoms. The number of para-hydroxylation sites is 1. The van der Waals surface area contributed by atoms with Crippen LogP contribution in [-0.4, -0.2) is 18.5 Å². The van der Waals surface area contributed by atoms with Crippen LogP contribution in [0.4, 0.5) is 17.6 Å². The molecule has 0 spiro atoms. The van der Waals surface area contributed by atoms with E-state index in [9.17, 15) is 17.6 Å². The minimum absolute atomic E-state index is 0.00428. The Morgan fingerprint density at radius 2 is 1.80 bits per heavy atom. The molecule has 0 saturated carbocycles. The maximum absolute atomic E-state index is 13.3. The summed E-state index contributed by atoms with van der Waals surface area (Å²) in [5, 5.41) is 0. The van der Waals surface area contributed by atoms with Gasteiger partial charge in [-0.15, -0.1) is 13.2 Å². The topological polar surface area (TPSA) is 31.4 Å². The Kier molecular flexibility index (Phi) is 3.78. The van der Waals surface area contributed by atoms with Crippen LogP contribution in [0.2, 0.25) is 0 Å². The van der Waals surface area contributed by atoms with Crippen LogP contribution in [0.5, 0.6) is 11.6 Å². The van der Waals surface area contributed by atoms with Crippen LogP contribution in [-0.2, 0) is 0 Å². The molecular formula is C13H9F4NO2. The fourth-order valence-corrected chi connectivity index (χ4v) is 1.69. The molecule has 1 heterocycles. The first kappa shape index (κ1) is 14.1. The number of alkyl halides is 3. The van der Waals surface area contributed by atoms with Gasteiger partial charge in [0.2, 0.25) is 5.88 Å². The Balaban J connectivity index is 2.55. The molecule has 0 atom stereocenters. The lowest BCUT2D eigenvalue weighted by Gasteiger charge is -2.14. The summed E-state index contributed by atoms with van der Waals surface area (Å²) < 4.78 is 59.2. The van der Waals surface area contributed by atoms with Crippen molar-refractivity contribution < 1.29 is 27.0 Å². The fraction of sp³-hybridized carbons (Fsp3) is 0.154. The summed E-state index contributed by atoms with van der Waals surface area (Å²) in [4.78, 5) is 3.68. The fourth-order valence-electron chi connectivity index (χ4n) is 1.69. The maximum Gasteiger partial charge on any atom is 0.573 e. The molecule has 0 aliphatic heterocycles. The van der Waals surface area contributed by atoms with E-state index < -0.39 is 17.9 Å². The zero-order valence-electron chi connectivity index (χ0n) is 10.2. The number of rotatable bonds is 3. The normalized spacial score (nSPS) is 11.2. The third-order valence-corrected chi connectivity index (χ3v) is 2.41. The van der Waals surface area contributed by atoms with E-state index >= 15 is 0 Å². The van der Waals surface area contributed by atoms with Gasteiger partial charge in [-0.2, -0.15) is 0 Å². The third-order valence-electron chi connectivity index (χ3n) is 2.41. The number of aromatic nitrogens is 1. The van der Waals surface area contributed by atoms with Gasteiger partial charge in [-0.05, 0) is 12.1 Å². The smallest absolute Gasteiger partial charge is 0.481 e. The quantitative estimate of drug-likeness (QED) is 0.805. The first-order valence-electron chi connectivity index (χ1n) is 5.45. The Hall–Kier alpha value is -2.31. The van der Waals surface area contributed by atoms with Crippen LogP contribution in [0, 0.1) is 5.82 Å². The zero-order chi connectivity index (χ0) is 14.8. The lowest BCUT2D eigenvalue weighted by molar-refractivity contribution is -0.274. The highest BCUT2D eigenvalue weighted by Crippen LogP contribution is 2.37. The van der Waals surface area contributed by atoms with E-state index in [2.05, 4.69) is 9.72 Å². The van der Waals surface area contributed by atoms with Crippen molar-refractivity contribution in [3.63, 3.8) is 0 Å². The van der Waals surface area contributed by atoms with E-state index in [1.165, 1.54) is 25.3 Å². The number of halogens is 4. The molecule has 0 saturated heterocycles. The number of hydrogen-bond acceptors (Lipinski definition) is 3. The first-order chi connectivity index (χ1) is 9.40. The first-order valence-corrected chi connectivity index (χ1v) is 5.45. The van der Waals surface area contributed by atoms with Gasteiger partial charge in [0.15, 0.2) is 0 Å². The van der Waals surface area contributed by atoms with Crippen molar-refractivity contribution in [2.24, 2.45) is 0 Å². The van der Waals surface area contributed by atoms with E-state index in [1.54, 1.807) is 0 Å². The summed E-state index contributed by atoms with van der Waals surface area (Å²) in [6.07, 6.45) is -3.93. The largest absolute Gasteiger partial charge is 0.573 e. The minimum Gasteiger partial charge on any atom is -0.481 e.